The third-order valence-corrected chi connectivity index (χ3v) is 5.85. The Morgan fingerprint density at radius 3 is 2.41 bits per heavy atom. The van der Waals surface area contributed by atoms with Crippen molar-refractivity contribution in [2.24, 2.45) is 0 Å². The monoisotopic (exact) mass is 432 g/mol. The van der Waals surface area contributed by atoms with Gasteiger partial charge < -0.3 is 9.88 Å². The van der Waals surface area contributed by atoms with E-state index < -0.39 is 0 Å². The van der Waals surface area contributed by atoms with Crippen molar-refractivity contribution in [1.29, 1.82) is 0 Å². The second-order valence-electron chi connectivity index (χ2n) is 6.60. The molecular formula is C21H22ClFN4OS. The van der Waals surface area contributed by atoms with Crippen molar-refractivity contribution in [2.45, 2.75) is 43.8 Å². The molecular weight excluding hydrogens is 411 g/mol. The lowest BCUT2D eigenvalue weighted by atomic mass is 10.1. The minimum Gasteiger partial charge on any atom is -0.349 e. The summed E-state index contributed by atoms with van der Waals surface area (Å²) < 4.78 is 15.1. The highest BCUT2D eigenvalue weighted by Gasteiger charge is 2.21. The third-order valence-electron chi connectivity index (χ3n) is 4.52. The quantitative estimate of drug-likeness (QED) is 0.526. The van der Waals surface area contributed by atoms with Crippen LogP contribution >= 0.6 is 23.4 Å². The van der Waals surface area contributed by atoms with Gasteiger partial charge in [-0.05, 0) is 62.7 Å². The van der Waals surface area contributed by atoms with E-state index in [0.717, 1.165) is 17.0 Å². The summed E-state index contributed by atoms with van der Waals surface area (Å²) in [5.41, 5.74) is 1.76. The minimum absolute atomic E-state index is 0.120. The molecule has 0 radical (unpaired) electrons. The fourth-order valence-electron chi connectivity index (χ4n) is 2.85. The number of benzene rings is 2. The van der Waals surface area contributed by atoms with Crippen LogP contribution < -0.4 is 5.32 Å². The maximum atomic E-state index is 13.1. The molecule has 152 valence electrons. The number of carbonyl (C=O) groups excluding carboxylic acids is 1. The fraction of sp³-hybridized carbons (Fsp3) is 0.286. The van der Waals surface area contributed by atoms with Crippen molar-refractivity contribution in [1.82, 2.24) is 20.1 Å². The van der Waals surface area contributed by atoms with Crippen LogP contribution in [-0.4, -0.2) is 25.9 Å². The number of nitrogens with one attached hydrogen (secondary N) is 1. The molecule has 1 aromatic heterocycles. The van der Waals surface area contributed by atoms with E-state index >= 15 is 0 Å². The molecule has 0 aliphatic heterocycles. The molecule has 29 heavy (non-hydrogen) atoms. The Morgan fingerprint density at radius 1 is 1.14 bits per heavy atom. The standard InChI is InChI=1S/C21H22ClFN4OS/c1-4-27-19(16-5-9-17(22)10-6-16)25-26-21(27)29-14(3)20(28)24-13(2)15-7-11-18(23)12-8-15/h5-14H,4H2,1-3H3,(H,24,28). The van der Waals surface area contributed by atoms with Crippen LogP contribution in [0.5, 0.6) is 0 Å². The zero-order valence-corrected chi connectivity index (χ0v) is 18.0. The smallest absolute Gasteiger partial charge is 0.233 e. The number of carbonyl (C=O) groups is 1. The maximum Gasteiger partial charge on any atom is 0.233 e. The van der Waals surface area contributed by atoms with Crippen molar-refractivity contribution in [3.8, 4) is 11.4 Å². The predicted molar refractivity (Wildman–Crippen MR) is 114 cm³/mol. The number of hydrogen-bond donors (Lipinski definition) is 1. The summed E-state index contributed by atoms with van der Waals surface area (Å²) in [4.78, 5) is 12.6. The molecule has 2 aromatic carbocycles. The van der Waals surface area contributed by atoms with Crippen LogP contribution in [-0.2, 0) is 11.3 Å². The lowest BCUT2D eigenvalue weighted by Gasteiger charge is -2.18. The Hall–Kier alpha value is -2.38. The summed E-state index contributed by atoms with van der Waals surface area (Å²) in [5, 5.41) is 12.5. The first-order valence-corrected chi connectivity index (χ1v) is 10.6. The molecule has 2 atom stereocenters. The first-order chi connectivity index (χ1) is 13.9. The number of rotatable bonds is 7. The molecule has 1 N–H and O–H groups in total. The summed E-state index contributed by atoms with van der Waals surface area (Å²) in [6.07, 6.45) is 0. The highest BCUT2D eigenvalue weighted by Crippen LogP contribution is 2.28. The van der Waals surface area contributed by atoms with E-state index in [9.17, 15) is 9.18 Å². The number of hydrogen-bond acceptors (Lipinski definition) is 4. The van der Waals surface area contributed by atoms with Gasteiger partial charge >= 0.3 is 0 Å². The number of nitrogens with zero attached hydrogens (tertiary/aromatic N) is 3. The van der Waals surface area contributed by atoms with Crippen LogP contribution in [0.1, 0.15) is 32.4 Å². The number of aromatic nitrogens is 3. The summed E-state index contributed by atoms with van der Waals surface area (Å²) >= 11 is 7.32. The van der Waals surface area contributed by atoms with E-state index in [0.29, 0.717) is 16.7 Å². The van der Waals surface area contributed by atoms with Gasteiger partial charge in [-0.15, -0.1) is 10.2 Å². The lowest BCUT2D eigenvalue weighted by Crippen LogP contribution is -2.33. The van der Waals surface area contributed by atoms with Crippen molar-refractivity contribution in [2.75, 3.05) is 0 Å². The summed E-state index contributed by atoms with van der Waals surface area (Å²) in [6, 6.07) is 13.3. The molecule has 1 amide bonds. The summed E-state index contributed by atoms with van der Waals surface area (Å²) in [5.74, 6) is 0.316. The van der Waals surface area contributed by atoms with E-state index in [4.69, 9.17) is 11.6 Å². The Balaban J connectivity index is 1.69. The zero-order chi connectivity index (χ0) is 21.0. The van der Waals surface area contributed by atoms with E-state index in [1.807, 2.05) is 49.6 Å². The van der Waals surface area contributed by atoms with Crippen LogP contribution in [0, 0.1) is 5.82 Å². The molecule has 3 rings (SSSR count). The Morgan fingerprint density at radius 2 is 1.79 bits per heavy atom. The maximum absolute atomic E-state index is 13.1. The third kappa shape index (κ3) is 5.16. The van der Waals surface area contributed by atoms with E-state index in [2.05, 4.69) is 15.5 Å². The average molecular weight is 433 g/mol. The molecule has 3 aromatic rings. The minimum atomic E-state index is -0.370. The molecule has 0 saturated heterocycles. The van der Waals surface area contributed by atoms with E-state index in [1.165, 1.54) is 23.9 Å². The van der Waals surface area contributed by atoms with Crippen LogP contribution in [0.2, 0.25) is 5.02 Å². The van der Waals surface area contributed by atoms with Crippen molar-refractivity contribution in [3.05, 3.63) is 64.9 Å². The lowest BCUT2D eigenvalue weighted by molar-refractivity contribution is -0.120. The highest BCUT2D eigenvalue weighted by atomic mass is 35.5. The van der Waals surface area contributed by atoms with Gasteiger partial charge in [0.25, 0.3) is 0 Å². The predicted octanol–water partition coefficient (Wildman–Crippen LogP) is 5.12. The normalized spacial score (nSPS) is 13.1. The van der Waals surface area contributed by atoms with Gasteiger partial charge in [-0.1, -0.05) is 35.5 Å². The zero-order valence-electron chi connectivity index (χ0n) is 16.4. The molecule has 0 saturated carbocycles. The number of amides is 1. The van der Waals surface area contributed by atoms with Gasteiger partial charge in [0.05, 0.1) is 11.3 Å². The van der Waals surface area contributed by atoms with Gasteiger partial charge in [-0.2, -0.15) is 0 Å². The molecule has 2 unspecified atom stereocenters. The molecule has 5 nitrogen and oxygen atoms in total. The second-order valence-corrected chi connectivity index (χ2v) is 8.34. The number of halogens is 2. The fourth-order valence-corrected chi connectivity index (χ4v) is 3.90. The van der Waals surface area contributed by atoms with Crippen LogP contribution in [0.4, 0.5) is 4.39 Å². The average Bonchev–Trinajstić information content (AvgIpc) is 3.11. The van der Waals surface area contributed by atoms with Gasteiger partial charge in [0.1, 0.15) is 5.82 Å². The molecule has 0 spiro atoms. The first-order valence-electron chi connectivity index (χ1n) is 9.30. The largest absolute Gasteiger partial charge is 0.349 e. The SMILES string of the molecule is CCn1c(SC(C)C(=O)NC(C)c2ccc(F)cc2)nnc1-c1ccc(Cl)cc1. The van der Waals surface area contributed by atoms with Gasteiger partial charge in [0.15, 0.2) is 11.0 Å². The molecule has 0 aliphatic carbocycles. The van der Waals surface area contributed by atoms with Gasteiger partial charge in [0, 0.05) is 17.1 Å². The molecule has 0 aliphatic rings. The molecule has 1 heterocycles. The van der Waals surface area contributed by atoms with Crippen molar-refractivity contribution >= 4 is 29.3 Å². The van der Waals surface area contributed by atoms with E-state index in [1.54, 1.807) is 12.1 Å². The van der Waals surface area contributed by atoms with Gasteiger partial charge in [0.2, 0.25) is 5.91 Å². The Labute approximate surface area is 178 Å². The topological polar surface area (TPSA) is 59.8 Å². The summed E-state index contributed by atoms with van der Waals surface area (Å²) in [6.45, 7) is 6.38. The second kappa shape index (κ2) is 9.41. The molecule has 0 fully saturated rings. The van der Waals surface area contributed by atoms with E-state index in [-0.39, 0.29) is 23.0 Å². The first kappa shape index (κ1) is 21.3. The summed E-state index contributed by atoms with van der Waals surface area (Å²) in [7, 11) is 0. The van der Waals surface area contributed by atoms with Crippen molar-refractivity contribution < 1.29 is 9.18 Å². The molecule has 8 heteroatoms. The van der Waals surface area contributed by atoms with Gasteiger partial charge in [-0.3, -0.25) is 4.79 Å². The van der Waals surface area contributed by atoms with Crippen LogP contribution in [0.15, 0.2) is 53.7 Å². The van der Waals surface area contributed by atoms with Crippen LogP contribution in [0.3, 0.4) is 0 Å². The highest BCUT2D eigenvalue weighted by molar-refractivity contribution is 8.00. The number of thioether (sulfide) groups is 1. The van der Waals surface area contributed by atoms with Gasteiger partial charge in [-0.25, -0.2) is 4.39 Å². The molecule has 0 bridgehead atoms. The Kier molecular flexibility index (Phi) is 6.92. The van der Waals surface area contributed by atoms with Crippen LogP contribution in [0.25, 0.3) is 11.4 Å². The van der Waals surface area contributed by atoms with Crippen molar-refractivity contribution in [3.63, 3.8) is 0 Å². The Bertz CT molecular complexity index is 975.